The highest BCUT2D eigenvalue weighted by Crippen LogP contribution is 2.70. The minimum absolute atomic E-state index is 0.752. The SMILES string of the molecule is CC1CCCCCCCC/C=C2/C/C(=C\C3C4CC34)C3=C2C2CC#CC[C@H]2C3C1. The van der Waals surface area contributed by atoms with Crippen LogP contribution in [0, 0.1) is 53.3 Å². The third-order valence-corrected chi connectivity index (χ3v) is 9.25. The maximum atomic E-state index is 3.53. The Hall–Kier alpha value is -1.22. The number of allylic oxidation sites excluding steroid dienone is 6. The van der Waals surface area contributed by atoms with Gasteiger partial charge in [-0.05, 0) is 95.8 Å². The molecule has 0 N–H and O–H groups in total. The summed E-state index contributed by atoms with van der Waals surface area (Å²) in [7, 11) is 0. The second-order valence-corrected chi connectivity index (χ2v) is 11.2. The molecule has 4 bridgehead atoms. The lowest BCUT2D eigenvalue weighted by Gasteiger charge is -2.31. The van der Waals surface area contributed by atoms with E-state index in [1.54, 1.807) is 11.1 Å². The second kappa shape index (κ2) is 7.48. The van der Waals surface area contributed by atoms with E-state index in [1.807, 2.05) is 11.1 Å². The van der Waals surface area contributed by atoms with Crippen LogP contribution in [0.5, 0.6) is 0 Å². The van der Waals surface area contributed by atoms with Crippen molar-refractivity contribution < 1.29 is 0 Å². The molecule has 0 aromatic heterocycles. The lowest BCUT2D eigenvalue weighted by Crippen LogP contribution is -2.23. The van der Waals surface area contributed by atoms with Crippen LogP contribution in [-0.2, 0) is 0 Å². The summed E-state index contributed by atoms with van der Waals surface area (Å²) in [6.45, 7) is 2.55. The first-order chi connectivity index (χ1) is 14.3. The van der Waals surface area contributed by atoms with E-state index in [9.17, 15) is 0 Å². The molecule has 2 fully saturated rings. The molecule has 0 aliphatic heterocycles. The molecule has 0 heterocycles. The predicted molar refractivity (Wildman–Crippen MR) is 121 cm³/mol. The normalized spacial score (nSPS) is 46.6. The van der Waals surface area contributed by atoms with Gasteiger partial charge in [0.15, 0.2) is 0 Å². The first-order valence-corrected chi connectivity index (χ1v) is 12.9. The van der Waals surface area contributed by atoms with Gasteiger partial charge < -0.3 is 0 Å². The predicted octanol–water partition coefficient (Wildman–Crippen LogP) is 7.63. The Morgan fingerprint density at radius 3 is 2.45 bits per heavy atom. The lowest BCUT2D eigenvalue weighted by molar-refractivity contribution is 0.272. The summed E-state index contributed by atoms with van der Waals surface area (Å²) in [6, 6.07) is 0. The molecule has 29 heavy (non-hydrogen) atoms. The van der Waals surface area contributed by atoms with Crippen molar-refractivity contribution in [1.29, 1.82) is 0 Å². The van der Waals surface area contributed by atoms with E-state index in [0.29, 0.717) is 0 Å². The molecule has 5 unspecified atom stereocenters. The van der Waals surface area contributed by atoms with Gasteiger partial charge in [-0.15, -0.1) is 11.8 Å². The van der Waals surface area contributed by atoms with Crippen LogP contribution in [0.25, 0.3) is 0 Å². The van der Waals surface area contributed by atoms with Crippen LogP contribution in [0.2, 0.25) is 0 Å². The maximum absolute atomic E-state index is 3.53. The van der Waals surface area contributed by atoms with Crippen LogP contribution < -0.4 is 0 Å². The maximum Gasteiger partial charge on any atom is 0.0161 e. The zero-order chi connectivity index (χ0) is 19.4. The number of fused-ring (bicyclic) bond motifs is 3. The molecule has 0 spiro atoms. The summed E-state index contributed by atoms with van der Waals surface area (Å²) in [5, 5.41) is 0. The number of rotatable bonds is 1. The Kier molecular flexibility index (Phi) is 4.78. The van der Waals surface area contributed by atoms with Crippen molar-refractivity contribution in [3.8, 4) is 11.8 Å². The van der Waals surface area contributed by atoms with Crippen molar-refractivity contribution in [1.82, 2.24) is 0 Å². The minimum atomic E-state index is 0.752. The average molecular weight is 387 g/mol. The Morgan fingerprint density at radius 1 is 0.828 bits per heavy atom. The topological polar surface area (TPSA) is 0 Å². The fourth-order valence-corrected chi connectivity index (χ4v) is 7.34. The standard InChI is InChI=1S/C29H38/c1-19-11-7-5-3-2-4-6-8-12-20-16-21(17-24-25-18-26(24)25)29-27(15-19)22-13-9-10-14-23(22)28(20)29/h12,17,19,22-27H,2-8,11,13-16,18H2,1H3/b20-12-,21-17+/t19?,22-,23?,24?,25?,26?,27?/m1/s1. The Bertz CT molecular complexity index is 816. The zero-order valence-corrected chi connectivity index (χ0v) is 18.4. The largest absolute Gasteiger partial charge is 0.103 e. The highest BCUT2D eigenvalue weighted by molar-refractivity contribution is 5.61. The highest BCUT2D eigenvalue weighted by atomic mass is 14.7. The van der Waals surface area contributed by atoms with Gasteiger partial charge in [-0.2, -0.15) is 0 Å². The summed E-state index contributed by atoms with van der Waals surface area (Å²) >= 11 is 0. The van der Waals surface area contributed by atoms with Gasteiger partial charge >= 0.3 is 0 Å². The summed E-state index contributed by atoms with van der Waals surface area (Å²) in [5.74, 6) is 13.4. The zero-order valence-electron chi connectivity index (χ0n) is 18.4. The molecule has 0 radical (unpaired) electrons. The van der Waals surface area contributed by atoms with Crippen LogP contribution in [0.1, 0.15) is 90.4 Å². The van der Waals surface area contributed by atoms with Gasteiger partial charge in [-0.1, -0.05) is 57.6 Å². The number of hydrogen-bond donors (Lipinski definition) is 0. The lowest BCUT2D eigenvalue weighted by atomic mass is 9.73. The first-order valence-electron chi connectivity index (χ1n) is 12.9. The molecule has 0 nitrogen and oxygen atoms in total. The van der Waals surface area contributed by atoms with Gasteiger partial charge in [0.25, 0.3) is 0 Å². The Morgan fingerprint density at radius 2 is 1.62 bits per heavy atom. The summed E-state index contributed by atoms with van der Waals surface area (Å²) < 4.78 is 0. The Labute approximate surface area is 178 Å². The van der Waals surface area contributed by atoms with Crippen molar-refractivity contribution in [2.24, 2.45) is 41.4 Å². The highest BCUT2D eigenvalue weighted by Gasteiger charge is 2.63. The van der Waals surface area contributed by atoms with Crippen LogP contribution in [0.3, 0.4) is 0 Å². The molecular formula is C29H38. The summed E-state index contributed by atoms with van der Waals surface area (Å²) in [4.78, 5) is 0. The molecule has 6 aliphatic rings. The van der Waals surface area contributed by atoms with E-state index in [1.165, 1.54) is 70.6 Å². The van der Waals surface area contributed by atoms with Crippen molar-refractivity contribution in [2.75, 3.05) is 0 Å². The fourth-order valence-electron chi connectivity index (χ4n) is 7.34. The summed E-state index contributed by atoms with van der Waals surface area (Å²) in [5.41, 5.74) is 7.19. The van der Waals surface area contributed by atoms with E-state index >= 15 is 0 Å². The van der Waals surface area contributed by atoms with Crippen LogP contribution in [0.4, 0.5) is 0 Å². The quantitative estimate of drug-likeness (QED) is 0.406. The van der Waals surface area contributed by atoms with Crippen molar-refractivity contribution in [3.63, 3.8) is 0 Å². The first kappa shape index (κ1) is 18.5. The fraction of sp³-hybridized carbons (Fsp3) is 0.724. The van der Waals surface area contributed by atoms with E-state index in [-0.39, 0.29) is 0 Å². The number of hydrogen-bond acceptors (Lipinski definition) is 0. The molecule has 2 saturated carbocycles. The van der Waals surface area contributed by atoms with E-state index in [0.717, 1.165) is 54.3 Å². The van der Waals surface area contributed by atoms with Crippen molar-refractivity contribution in [2.45, 2.75) is 90.4 Å². The monoisotopic (exact) mass is 386 g/mol. The van der Waals surface area contributed by atoms with Crippen LogP contribution in [-0.4, -0.2) is 0 Å². The smallest absolute Gasteiger partial charge is 0.0161 e. The molecule has 6 atom stereocenters. The van der Waals surface area contributed by atoms with Gasteiger partial charge in [0.05, 0.1) is 0 Å². The molecule has 6 aliphatic carbocycles. The van der Waals surface area contributed by atoms with E-state index < -0.39 is 0 Å². The molecular weight excluding hydrogens is 348 g/mol. The Balaban J connectivity index is 1.36. The van der Waals surface area contributed by atoms with Crippen molar-refractivity contribution in [3.05, 3.63) is 34.4 Å². The molecule has 6 rings (SSSR count). The molecule has 0 heteroatoms. The molecule has 0 saturated heterocycles. The van der Waals surface area contributed by atoms with Gasteiger partial charge in [-0.3, -0.25) is 0 Å². The molecule has 154 valence electrons. The van der Waals surface area contributed by atoms with Crippen molar-refractivity contribution >= 4 is 0 Å². The van der Waals surface area contributed by atoms with Gasteiger partial charge in [0, 0.05) is 12.8 Å². The average Bonchev–Trinajstić information content (AvgIpc) is 3.58. The molecule has 0 aromatic rings. The summed E-state index contributed by atoms with van der Waals surface area (Å²) in [6.07, 6.45) is 23.3. The second-order valence-electron chi connectivity index (χ2n) is 11.2. The van der Waals surface area contributed by atoms with Gasteiger partial charge in [0.1, 0.15) is 0 Å². The van der Waals surface area contributed by atoms with Crippen LogP contribution in [0.15, 0.2) is 34.4 Å². The minimum Gasteiger partial charge on any atom is -0.103 e. The molecule has 0 aromatic carbocycles. The van der Waals surface area contributed by atoms with Gasteiger partial charge in [-0.25, -0.2) is 0 Å². The van der Waals surface area contributed by atoms with E-state index in [2.05, 4.69) is 30.9 Å². The van der Waals surface area contributed by atoms with E-state index in [4.69, 9.17) is 0 Å². The van der Waals surface area contributed by atoms with Crippen LogP contribution >= 0.6 is 0 Å². The van der Waals surface area contributed by atoms with Gasteiger partial charge in [0.2, 0.25) is 0 Å². The third-order valence-electron chi connectivity index (χ3n) is 9.25. The third kappa shape index (κ3) is 3.38. The molecule has 0 amide bonds.